The Kier molecular flexibility index (Phi) is 6.50. The van der Waals surface area contributed by atoms with Gasteiger partial charge in [0.25, 0.3) is 0 Å². The van der Waals surface area contributed by atoms with E-state index in [2.05, 4.69) is 10.1 Å². The maximum absolute atomic E-state index is 13.5. The molecule has 0 atom stereocenters. The van der Waals surface area contributed by atoms with Crippen molar-refractivity contribution in [3.63, 3.8) is 0 Å². The van der Waals surface area contributed by atoms with Crippen molar-refractivity contribution in [3.05, 3.63) is 46.9 Å². The normalized spacial score (nSPS) is 15.2. The van der Waals surface area contributed by atoms with Crippen molar-refractivity contribution in [1.29, 1.82) is 0 Å². The van der Waals surface area contributed by atoms with Gasteiger partial charge in [0.1, 0.15) is 16.5 Å². The maximum atomic E-state index is 13.5. The first-order chi connectivity index (χ1) is 15.0. The molecule has 1 N–H and O–H groups in total. The number of ether oxygens (including phenoxy) is 1. The molecule has 31 heavy (non-hydrogen) atoms. The molecule has 4 rings (SSSR count). The van der Waals surface area contributed by atoms with Crippen molar-refractivity contribution in [2.45, 2.75) is 32.5 Å². The molecule has 7 nitrogen and oxygen atoms in total. The molecular weight excluding hydrogens is 420 g/mol. The zero-order chi connectivity index (χ0) is 22.0. The van der Waals surface area contributed by atoms with Gasteiger partial charge in [-0.1, -0.05) is 5.16 Å². The Hall–Kier alpha value is -2.56. The van der Waals surface area contributed by atoms with Gasteiger partial charge < -0.3 is 19.1 Å². The molecule has 1 aromatic carbocycles. The van der Waals surface area contributed by atoms with Crippen LogP contribution >= 0.6 is 11.3 Å². The third-order valence-electron chi connectivity index (χ3n) is 5.47. The number of carbonyl (C=O) groups excluding carboxylic acids is 1. The molecular formula is C21H23BFN3O4S. The fraction of sp³-hybridized carbons (Fsp3) is 0.381. The monoisotopic (exact) mass is 443 g/mol. The largest absolute Gasteiger partial charge is 0.461 e. The number of piperidine rings is 1. The lowest BCUT2D eigenvalue weighted by Crippen LogP contribution is -2.42. The van der Waals surface area contributed by atoms with Crippen LogP contribution in [0.2, 0.25) is 6.82 Å². The van der Waals surface area contributed by atoms with E-state index < -0.39 is 13.0 Å². The van der Waals surface area contributed by atoms with Crippen molar-refractivity contribution in [2.75, 3.05) is 19.7 Å². The van der Waals surface area contributed by atoms with Crippen LogP contribution in [-0.4, -0.2) is 52.7 Å². The van der Waals surface area contributed by atoms with Gasteiger partial charge in [-0.05, 0) is 63.9 Å². The number of aromatic nitrogens is 2. The van der Waals surface area contributed by atoms with Crippen LogP contribution in [0.1, 0.15) is 41.9 Å². The van der Waals surface area contributed by atoms with Crippen molar-refractivity contribution in [2.24, 2.45) is 0 Å². The highest BCUT2D eigenvalue weighted by Crippen LogP contribution is 2.42. The molecule has 2 aromatic heterocycles. The number of rotatable bonds is 6. The van der Waals surface area contributed by atoms with Crippen LogP contribution in [0.5, 0.6) is 0 Å². The van der Waals surface area contributed by atoms with E-state index in [-0.39, 0.29) is 24.0 Å². The zero-order valence-corrected chi connectivity index (χ0v) is 18.2. The number of carbonyl (C=O) groups is 1. The standard InChI is InChI=1S/C21H23BFN3O4S/c1-3-29-21(27)16-12-31-20(24-16)17-18(13-4-6-15(23)7-5-13)25-30-19(17)14-8-10-26(11-9-14)22(2)28/h4-7,12,14,28H,3,8-11H2,1-2H3. The maximum Gasteiger partial charge on any atom is 0.376 e. The lowest BCUT2D eigenvalue weighted by molar-refractivity contribution is 0.0520. The highest BCUT2D eigenvalue weighted by molar-refractivity contribution is 7.13. The van der Waals surface area contributed by atoms with E-state index in [4.69, 9.17) is 9.26 Å². The summed E-state index contributed by atoms with van der Waals surface area (Å²) >= 11 is 1.32. The van der Waals surface area contributed by atoms with E-state index in [1.165, 1.54) is 23.5 Å². The first-order valence-electron chi connectivity index (χ1n) is 10.3. The molecule has 0 unspecified atom stereocenters. The predicted octanol–water partition coefficient (Wildman–Crippen LogP) is 4.07. The molecule has 0 spiro atoms. The van der Waals surface area contributed by atoms with Gasteiger partial charge >= 0.3 is 13.0 Å². The van der Waals surface area contributed by atoms with Crippen LogP contribution < -0.4 is 0 Å². The number of nitrogens with zero attached hydrogens (tertiary/aromatic N) is 3. The second kappa shape index (κ2) is 9.29. The van der Waals surface area contributed by atoms with Crippen molar-refractivity contribution in [3.8, 4) is 21.8 Å². The van der Waals surface area contributed by atoms with Gasteiger partial charge in [0, 0.05) is 16.9 Å². The Bertz CT molecular complexity index is 1050. The summed E-state index contributed by atoms with van der Waals surface area (Å²) in [5, 5.41) is 16.4. The SMILES string of the molecule is CCOC(=O)c1csc(-c2c(-c3ccc(F)cc3)noc2C2CCN(B(C)O)CC2)n1. The van der Waals surface area contributed by atoms with Gasteiger partial charge in [0.2, 0.25) is 0 Å². The van der Waals surface area contributed by atoms with Crippen molar-refractivity contribution < 1.29 is 23.5 Å². The molecule has 0 bridgehead atoms. The zero-order valence-electron chi connectivity index (χ0n) is 17.4. The van der Waals surface area contributed by atoms with E-state index in [0.717, 1.165) is 31.5 Å². The quantitative estimate of drug-likeness (QED) is 0.454. The van der Waals surface area contributed by atoms with Crippen LogP contribution in [0.15, 0.2) is 34.2 Å². The minimum atomic E-state index is -0.490. The Labute approximate surface area is 184 Å². The topological polar surface area (TPSA) is 88.7 Å². The van der Waals surface area contributed by atoms with E-state index >= 15 is 0 Å². The second-order valence-electron chi connectivity index (χ2n) is 7.48. The molecule has 1 fully saturated rings. The van der Waals surface area contributed by atoms with Crippen molar-refractivity contribution >= 4 is 24.4 Å². The van der Waals surface area contributed by atoms with Crippen LogP contribution in [0.4, 0.5) is 4.39 Å². The molecule has 3 heterocycles. The smallest absolute Gasteiger partial charge is 0.376 e. The molecule has 1 aliphatic rings. The molecule has 0 saturated carbocycles. The highest BCUT2D eigenvalue weighted by atomic mass is 32.1. The number of halogens is 1. The van der Waals surface area contributed by atoms with Crippen LogP contribution in [0.25, 0.3) is 21.8 Å². The third-order valence-corrected chi connectivity index (χ3v) is 6.33. The average Bonchev–Trinajstić information content (AvgIpc) is 3.42. The molecule has 3 aromatic rings. The number of esters is 1. The predicted molar refractivity (Wildman–Crippen MR) is 116 cm³/mol. The first-order valence-corrected chi connectivity index (χ1v) is 11.2. The summed E-state index contributed by atoms with van der Waals surface area (Å²) < 4.78 is 24.3. The molecule has 0 aliphatic carbocycles. The van der Waals surface area contributed by atoms with Gasteiger partial charge in [0.05, 0.1) is 12.2 Å². The minimum Gasteiger partial charge on any atom is -0.461 e. The number of benzene rings is 1. The highest BCUT2D eigenvalue weighted by Gasteiger charge is 2.32. The van der Waals surface area contributed by atoms with Crippen molar-refractivity contribution in [1.82, 2.24) is 15.0 Å². The lowest BCUT2D eigenvalue weighted by Gasteiger charge is -2.31. The number of hydrogen-bond donors (Lipinski definition) is 1. The summed E-state index contributed by atoms with van der Waals surface area (Å²) in [4.78, 5) is 18.6. The summed E-state index contributed by atoms with van der Waals surface area (Å²) in [5.41, 5.74) is 2.24. The van der Waals surface area contributed by atoms with Gasteiger partial charge in [-0.25, -0.2) is 14.2 Å². The molecule has 162 valence electrons. The van der Waals surface area contributed by atoms with Gasteiger partial charge in [-0.15, -0.1) is 11.3 Å². The van der Waals surface area contributed by atoms with E-state index in [1.54, 1.807) is 31.3 Å². The third kappa shape index (κ3) is 4.56. The lowest BCUT2D eigenvalue weighted by atomic mass is 9.80. The van der Waals surface area contributed by atoms with Crippen LogP contribution in [0, 0.1) is 5.82 Å². The number of hydrogen-bond acceptors (Lipinski definition) is 8. The Balaban J connectivity index is 1.73. The van der Waals surface area contributed by atoms with Gasteiger partial charge in [-0.3, -0.25) is 0 Å². The molecule has 10 heteroatoms. The molecule has 1 saturated heterocycles. The Morgan fingerprint density at radius 3 is 2.71 bits per heavy atom. The summed E-state index contributed by atoms with van der Waals surface area (Å²) in [7, 11) is -0.490. The summed E-state index contributed by atoms with van der Waals surface area (Å²) in [5.74, 6) is -0.00842. The fourth-order valence-corrected chi connectivity index (χ4v) is 4.65. The number of thiazole rings is 1. The Morgan fingerprint density at radius 1 is 1.35 bits per heavy atom. The van der Waals surface area contributed by atoms with Crippen LogP contribution in [0.3, 0.4) is 0 Å². The van der Waals surface area contributed by atoms with E-state index in [0.29, 0.717) is 22.0 Å². The Morgan fingerprint density at radius 2 is 2.06 bits per heavy atom. The molecule has 0 radical (unpaired) electrons. The summed E-state index contributed by atoms with van der Waals surface area (Å²) in [6.45, 7) is 5.25. The van der Waals surface area contributed by atoms with Gasteiger partial charge in [-0.2, -0.15) is 0 Å². The van der Waals surface area contributed by atoms with Crippen LogP contribution in [-0.2, 0) is 4.74 Å². The summed E-state index contributed by atoms with van der Waals surface area (Å²) in [6, 6.07) is 6.05. The molecule has 1 aliphatic heterocycles. The van der Waals surface area contributed by atoms with E-state index in [9.17, 15) is 14.2 Å². The first kappa shape index (κ1) is 21.7. The molecule has 0 amide bonds. The average molecular weight is 443 g/mol. The summed E-state index contributed by atoms with van der Waals surface area (Å²) in [6.07, 6.45) is 1.60. The minimum absolute atomic E-state index is 0.0987. The van der Waals surface area contributed by atoms with Gasteiger partial charge in [0.15, 0.2) is 11.5 Å². The van der Waals surface area contributed by atoms with E-state index in [1.807, 2.05) is 4.81 Å². The fourth-order valence-electron chi connectivity index (χ4n) is 3.82. The second-order valence-corrected chi connectivity index (χ2v) is 8.34.